The van der Waals surface area contributed by atoms with E-state index in [1.165, 1.54) is 0 Å². The summed E-state index contributed by atoms with van der Waals surface area (Å²) in [7, 11) is 0. The zero-order chi connectivity index (χ0) is 14.5. The normalized spacial score (nSPS) is 12.6. The molecule has 1 aromatic rings. The number of nitriles is 1. The molecule has 4 nitrogen and oxygen atoms in total. The molecule has 0 saturated carbocycles. The van der Waals surface area contributed by atoms with Crippen molar-refractivity contribution in [2.75, 3.05) is 0 Å². The van der Waals surface area contributed by atoms with Gasteiger partial charge in [0.05, 0.1) is 18.0 Å². The Kier molecular flexibility index (Phi) is 5.08. The summed E-state index contributed by atoms with van der Waals surface area (Å²) in [5.41, 5.74) is 3.39. The number of carbonyl (C=O) groups excluding carboxylic acids is 1. The maximum absolute atomic E-state index is 12.5. The monoisotopic (exact) mass is 259 g/mol. The summed E-state index contributed by atoms with van der Waals surface area (Å²) >= 11 is 0. The summed E-state index contributed by atoms with van der Waals surface area (Å²) in [6, 6.07) is 11.2. The molecule has 0 fully saturated rings. The summed E-state index contributed by atoms with van der Waals surface area (Å²) in [5, 5.41) is 10.3. The van der Waals surface area contributed by atoms with E-state index < -0.39 is 0 Å². The standard InChI is InChI=1S/C15H21N3O/c1-12(10-11-16)17-18(15(2,3)4)14(19)13-8-6-5-7-9-13/h5-9,12,17H,10H2,1-4H3. The second-order valence-electron chi connectivity index (χ2n) is 5.57. The highest BCUT2D eigenvalue weighted by Crippen LogP contribution is 2.15. The second-order valence-corrected chi connectivity index (χ2v) is 5.57. The van der Waals surface area contributed by atoms with E-state index in [-0.39, 0.29) is 17.5 Å². The highest BCUT2D eigenvalue weighted by Gasteiger charge is 2.28. The third-order valence-electron chi connectivity index (χ3n) is 2.64. The molecule has 1 rings (SSSR count). The number of carbonyl (C=O) groups is 1. The summed E-state index contributed by atoms with van der Waals surface area (Å²) in [6.07, 6.45) is 0.356. The first kappa shape index (κ1) is 15.2. The average Bonchev–Trinajstić information content (AvgIpc) is 2.35. The first-order valence-corrected chi connectivity index (χ1v) is 6.39. The molecule has 0 aromatic heterocycles. The number of hydrogen-bond donors (Lipinski definition) is 1. The van der Waals surface area contributed by atoms with Crippen LogP contribution in [0.4, 0.5) is 0 Å². The van der Waals surface area contributed by atoms with Gasteiger partial charge in [0.15, 0.2) is 0 Å². The van der Waals surface area contributed by atoms with Crippen LogP contribution in [0.5, 0.6) is 0 Å². The number of nitrogens with one attached hydrogen (secondary N) is 1. The van der Waals surface area contributed by atoms with Gasteiger partial charge in [-0.3, -0.25) is 9.80 Å². The Labute approximate surface area is 115 Å². The van der Waals surface area contributed by atoms with Crippen molar-refractivity contribution in [2.45, 2.75) is 45.7 Å². The molecule has 0 aliphatic heterocycles. The molecule has 4 heteroatoms. The van der Waals surface area contributed by atoms with Crippen molar-refractivity contribution in [3.05, 3.63) is 35.9 Å². The van der Waals surface area contributed by atoms with Gasteiger partial charge in [0.1, 0.15) is 0 Å². The molecular weight excluding hydrogens is 238 g/mol. The Hall–Kier alpha value is -1.86. The predicted molar refractivity (Wildman–Crippen MR) is 75.2 cm³/mol. The summed E-state index contributed by atoms with van der Waals surface area (Å²) < 4.78 is 0. The van der Waals surface area contributed by atoms with Gasteiger partial charge < -0.3 is 0 Å². The Morgan fingerprint density at radius 2 is 1.95 bits per heavy atom. The molecule has 0 aliphatic rings. The van der Waals surface area contributed by atoms with Gasteiger partial charge in [-0.1, -0.05) is 18.2 Å². The number of hydrazine groups is 1. The maximum Gasteiger partial charge on any atom is 0.268 e. The van der Waals surface area contributed by atoms with E-state index in [1.54, 1.807) is 17.1 Å². The van der Waals surface area contributed by atoms with E-state index in [9.17, 15) is 4.79 Å². The molecule has 1 unspecified atom stereocenters. The topological polar surface area (TPSA) is 56.1 Å². The van der Waals surface area contributed by atoms with Crippen LogP contribution in [0.25, 0.3) is 0 Å². The molecule has 0 radical (unpaired) electrons. The van der Waals surface area contributed by atoms with Crippen molar-refractivity contribution < 1.29 is 4.79 Å². The molecule has 1 aromatic carbocycles. The highest BCUT2D eigenvalue weighted by atomic mass is 16.2. The molecule has 1 amide bonds. The first-order chi connectivity index (χ1) is 8.86. The lowest BCUT2D eigenvalue weighted by molar-refractivity contribution is 0.0345. The zero-order valence-electron chi connectivity index (χ0n) is 12.0. The molecule has 1 N–H and O–H groups in total. The van der Waals surface area contributed by atoms with Crippen molar-refractivity contribution in [3.63, 3.8) is 0 Å². The van der Waals surface area contributed by atoms with Crippen LogP contribution in [0.15, 0.2) is 30.3 Å². The van der Waals surface area contributed by atoms with E-state index in [0.717, 1.165) is 0 Å². The predicted octanol–water partition coefficient (Wildman–Crippen LogP) is 2.73. The number of hydrogen-bond acceptors (Lipinski definition) is 3. The van der Waals surface area contributed by atoms with Crippen molar-refractivity contribution in [2.24, 2.45) is 0 Å². The number of nitrogens with zero attached hydrogens (tertiary/aromatic N) is 2. The van der Waals surface area contributed by atoms with E-state index in [1.807, 2.05) is 45.9 Å². The summed E-state index contributed by atoms with van der Waals surface area (Å²) in [5.74, 6) is -0.0853. The van der Waals surface area contributed by atoms with Crippen LogP contribution in [0, 0.1) is 11.3 Å². The lowest BCUT2D eigenvalue weighted by Gasteiger charge is -2.37. The van der Waals surface area contributed by atoms with E-state index in [0.29, 0.717) is 12.0 Å². The minimum absolute atomic E-state index is 0.0723. The lowest BCUT2D eigenvalue weighted by atomic mass is 10.1. The minimum Gasteiger partial charge on any atom is -0.268 e. The number of rotatable bonds is 4. The van der Waals surface area contributed by atoms with Crippen molar-refractivity contribution in [3.8, 4) is 6.07 Å². The zero-order valence-corrected chi connectivity index (χ0v) is 12.0. The van der Waals surface area contributed by atoms with Gasteiger partial charge in [0.25, 0.3) is 5.91 Å². The van der Waals surface area contributed by atoms with Crippen LogP contribution in [0.1, 0.15) is 44.5 Å². The maximum atomic E-state index is 12.5. The first-order valence-electron chi connectivity index (χ1n) is 6.39. The smallest absolute Gasteiger partial charge is 0.268 e. The Balaban J connectivity index is 2.93. The summed E-state index contributed by atoms with van der Waals surface area (Å²) in [4.78, 5) is 12.5. The van der Waals surface area contributed by atoms with Crippen LogP contribution < -0.4 is 5.43 Å². The molecule has 19 heavy (non-hydrogen) atoms. The van der Waals surface area contributed by atoms with Gasteiger partial charge in [-0.2, -0.15) is 5.26 Å². The molecule has 0 saturated heterocycles. The molecule has 0 aliphatic carbocycles. The van der Waals surface area contributed by atoms with Crippen molar-refractivity contribution >= 4 is 5.91 Å². The third kappa shape index (κ3) is 4.38. The Bertz CT molecular complexity index is 457. The van der Waals surface area contributed by atoms with Crippen LogP contribution in [0.2, 0.25) is 0 Å². The fourth-order valence-electron chi connectivity index (χ4n) is 1.67. The molecule has 0 heterocycles. The van der Waals surface area contributed by atoms with E-state index in [2.05, 4.69) is 11.5 Å². The second kappa shape index (κ2) is 6.35. The van der Waals surface area contributed by atoms with E-state index >= 15 is 0 Å². The molecular formula is C15H21N3O. The molecule has 102 valence electrons. The van der Waals surface area contributed by atoms with Crippen LogP contribution in [-0.4, -0.2) is 22.5 Å². The third-order valence-corrected chi connectivity index (χ3v) is 2.64. The quantitative estimate of drug-likeness (QED) is 0.846. The summed E-state index contributed by atoms with van der Waals surface area (Å²) in [6.45, 7) is 7.76. The molecule has 0 spiro atoms. The molecule has 0 bridgehead atoms. The molecule has 1 atom stereocenters. The SMILES string of the molecule is CC(CC#N)NN(C(=O)c1ccccc1)C(C)(C)C. The van der Waals surface area contributed by atoms with E-state index in [4.69, 9.17) is 5.26 Å². The fourth-order valence-corrected chi connectivity index (χ4v) is 1.67. The van der Waals surface area contributed by atoms with Gasteiger partial charge >= 0.3 is 0 Å². The number of amides is 1. The largest absolute Gasteiger partial charge is 0.268 e. The van der Waals surface area contributed by atoms with Gasteiger partial charge in [-0.05, 0) is 39.8 Å². The van der Waals surface area contributed by atoms with Gasteiger partial charge in [-0.25, -0.2) is 5.43 Å². The highest BCUT2D eigenvalue weighted by molar-refractivity contribution is 5.94. The van der Waals surface area contributed by atoms with Gasteiger partial charge in [0.2, 0.25) is 0 Å². The van der Waals surface area contributed by atoms with Gasteiger partial charge in [-0.15, -0.1) is 0 Å². The average molecular weight is 259 g/mol. The van der Waals surface area contributed by atoms with Crippen LogP contribution in [-0.2, 0) is 0 Å². The Morgan fingerprint density at radius 3 is 2.42 bits per heavy atom. The van der Waals surface area contributed by atoms with Crippen molar-refractivity contribution in [1.29, 1.82) is 5.26 Å². The fraction of sp³-hybridized carbons (Fsp3) is 0.467. The Morgan fingerprint density at radius 1 is 1.37 bits per heavy atom. The van der Waals surface area contributed by atoms with Crippen LogP contribution in [0.3, 0.4) is 0 Å². The van der Waals surface area contributed by atoms with Crippen molar-refractivity contribution in [1.82, 2.24) is 10.4 Å². The minimum atomic E-state index is -0.364. The lowest BCUT2D eigenvalue weighted by Crippen LogP contribution is -2.56. The number of benzene rings is 1. The van der Waals surface area contributed by atoms with Gasteiger partial charge in [0, 0.05) is 11.6 Å². The van der Waals surface area contributed by atoms with Crippen LogP contribution >= 0.6 is 0 Å².